The Hall–Kier alpha value is -1.94. The van der Waals surface area contributed by atoms with Crippen LogP contribution >= 0.6 is 0 Å². The Bertz CT molecular complexity index is 559. The van der Waals surface area contributed by atoms with Crippen molar-refractivity contribution in [2.75, 3.05) is 6.61 Å². The monoisotopic (exact) mass is 258 g/mol. The van der Waals surface area contributed by atoms with Gasteiger partial charge in [0.15, 0.2) is 0 Å². The number of ketones is 1. The van der Waals surface area contributed by atoms with Crippen molar-refractivity contribution < 1.29 is 9.53 Å². The summed E-state index contributed by atoms with van der Waals surface area (Å²) in [6.07, 6.45) is 1.63. The number of nitrogens with zero attached hydrogens (tertiary/aromatic N) is 2. The Balaban J connectivity index is 2.38. The maximum Gasteiger partial charge on any atom is 0.212 e. The lowest BCUT2D eigenvalue weighted by Gasteiger charge is -2.23. The molecule has 0 atom stereocenters. The molecule has 2 aromatic rings. The molecule has 0 radical (unpaired) electrons. The SMILES string of the molecule is CCOC(C)(C)C(=O)c1ccnn1-c1ccccc1. The first kappa shape index (κ1) is 13.5. The van der Waals surface area contributed by atoms with Gasteiger partial charge in [-0.2, -0.15) is 5.10 Å². The highest BCUT2D eigenvalue weighted by Gasteiger charge is 2.31. The second-order valence-electron chi connectivity index (χ2n) is 4.74. The van der Waals surface area contributed by atoms with Crippen LogP contribution in [0.5, 0.6) is 0 Å². The number of carbonyl (C=O) groups excluding carboxylic acids is 1. The highest BCUT2D eigenvalue weighted by atomic mass is 16.5. The number of para-hydroxylation sites is 1. The van der Waals surface area contributed by atoms with Crippen molar-refractivity contribution in [2.24, 2.45) is 0 Å². The summed E-state index contributed by atoms with van der Waals surface area (Å²) < 4.78 is 7.16. The maximum absolute atomic E-state index is 12.5. The van der Waals surface area contributed by atoms with Gasteiger partial charge in [-0.15, -0.1) is 0 Å². The molecule has 0 fully saturated rings. The van der Waals surface area contributed by atoms with E-state index in [1.54, 1.807) is 30.8 Å². The van der Waals surface area contributed by atoms with E-state index >= 15 is 0 Å². The molecule has 0 aliphatic heterocycles. The molecule has 0 saturated carbocycles. The molecule has 2 rings (SSSR count). The molecule has 4 heteroatoms. The lowest BCUT2D eigenvalue weighted by molar-refractivity contribution is 0.000667. The molecular formula is C15H18N2O2. The van der Waals surface area contributed by atoms with Crippen LogP contribution in [0.4, 0.5) is 0 Å². The molecule has 1 heterocycles. The quantitative estimate of drug-likeness (QED) is 0.775. The summed E-state index contributed by atoms with van der Waals surface area (Å²) in [6.45, 7) is 5.93. The van der Waals surface area contributed by atoms with Crippen LogP contribution in [-0.4, -0.2) is 27.8 Å². The van der Waals surface area contributed by atoms with Gasteiger partial charge in [0.2, 0.25) is 5.78 Å². The summed E-state index contributed by atoms with van der Waals surface area (Å²) >= 11 is 0. The van der Waals surface area contributed by atoms with Gasteiger partial charge in [-0.1, -0.05) is 18.2 Å². The minimum atomic E-state index is -0.846. The molecule has 0 aliphatic carbocycles. The second kappa shape index (κ2) is 5.36. The predicted molar refractivity (Wildman–Crippen MR) is 73.6 cm³/mol. The van der Waals surface area contributed by atoms with Crippen molar-refractivity contribution in [3.63, 3.8) is 0 Å². The van der Waals surface area contributed by atoms with Crippen LogP contribution in [0.25, 0.3) is 5.69 Å². The molecule has 19 heavy (non-hydrogen) atoms. The Morgan fingerprint density at radius 1 is 1.26 bits per heavy atom. The molecule has 1 aromatic heterocycles. The summed E-state index contributed by atoms with van der Waals surface area (Å²) in [5, 5.41) is 4.22. The Kier molecular flexibility index (Phi) is 3.81. The molecule has 100 valence electrons. The van der Waals surface area contributed by atoms with Crippen molar-refractivity contribution in [2.45, 2.75) is 26.4 Å². The third-order valence-corrected chi connectivity index (χ3v) is 2.93. The first-order chi connectivity index (χ1) is 9.06. The fraction of sp³-hybridized carbons (Fsp3) is 0.333. The number of Topliss-reactive ketones (excluding diaryl/α,β-unsaturated/α-hetero) is 1. The molecule has 0 bridgehead atoms. The van der Waals surface area contributed by atoms with Crippen LogP contribution in [0.3, 0.4) is 0 Å². The number of benzene rings is 1. The second-order valence-corrected chi connectivity index (χ2v) is 4.74. The molecule has 0 amide bonds. The molecule has 1 aromatic carbocycles. The van der Waals surface area contributed by atoms with Crippen molar-refractivity contribution in [1.29, 1.82) is 0 Å². The number of ether oxygens (including phenoxy) is 1. The van der Waals surface area contributed by atoms with Gasteiger partial charge in [0.05, 0.1) is 11.9 Å². The third kappa shape index (κ3) is 2.74. The van der Waals surface area contributed by atoms with E-state index in [1.165, 1.54) is 0 Å². The summed E-state index contributed by atoms with van der Waals surface area (Å²) in [5.41, 5.74) is 0.550. The smallest absolute Gasteiger partial charge is 0.212 e. The molecule has 0 aliphatic rings. The summed E-state index contributed by atoms with van der Waals surface area (Å²) in [6, 6.07) is 11.3. The maximum atomic E-state index is 12.5. The van der Waals surface area contributed by atoms with Gasteiger partial charge in [-0.3, -0.25) is 4.79 Å². The van der Waals surface area contributed by atoms with E-state index in [9.17, 15) is 4.79 Å². The van der Waals surface area contributed by atoms with E-state index in [2.05, 4.69) is 5.10 Å². The highest BCUT2D eigenvalue weighted by Crippen LogP contribution is 2.19. The van der Waals surface area contributed by atoms with Crippen LogP contribution in [-0.2, 0) is 4.74 Å². The van der Waals surface area contributed by atoms with Crippen molar-refractivity contribution in [3.05, 3.63) is 48.3 Å². The van der Waals surface area contributed by atoms with Gasteiger partial charge in [0.25, 0.3) is 0 Å². The lowest BCUT2D eigenvalue weighted by atomic mass is 10.0. The van der Waals surface area contributed by atoms with Crippen LogP contribution in [0.2, 0.25) is 0 Å². The average molecular weight is 258 g/mol. The van der Waals surface area contributed by atoms with Gasteiger partial charge in [0, 0.05) is 6.61 Å². The van der Waals surface area contributed by atoms with E-state index in [4.69, 9.17) is 4.74 Å². The van der Waals surface area contributed by atoms with Crippen molar-refractivity contribution in [3.8, 4) is 5.69 Å². The van der Waals surface area contributed by atoms with E-state index < -0.39 is 5.60 Å². The standard InChI is InChI=1S/C15H18N2O2/c1-4-19-15(2,3)14(18)13-10-11-16-17(13)12-8-6-5-7-9-12/h5-11H,4H2,1-3H3. The van der Waals surface area contributed by atoms with E-state index in [0.717, 1.165) is 5.69 Å². The van der Waals surface area contributed by atoms with Crippen LogP contribution in [0.15, 0.2) is 42.6 Å². The van der Waals surface area contributed by atoms with Crippen molar-refractivity contribution >= 4 is 5.78 Å². The largest absolute Gasteiger partial charge is 0.368 e. The zero-order valence-electron chi connectivity index (χ0n) is 11.5. The van der Waals surface area contributed by atoms with Crippen LogP contribution < -0.4 is 0 Å². The zero-order valence-corrected chi connectivity index (χ0v) is 11.5. The minimum absolute atomic E-state index is 0.0734. The minimum Gasteiger partial charge on any atom is -0.368 e. The Morgan fingerprint density at radius 3 is 2.58 bits per heavy atom. The van der Waals surface area contributed by atoms with E-state index in [0.29, 0.717) is 12.3 Å². The molecular weight excluding hydrogens is 240 g/mol. The third-order valence-electron chi connectivity index (χ3n) is 2.93. The van der Waals surface area contributed by atoms with Gasteiger partial charge < -0.3 is 4.74 Å². The highest BCUT2D eigenvalue weighted by molar-refractivity contribution is 6.01. The van der Waals surface area contributed by atoms with Gasteiger partial charge in [-0.05, 0) is 39.0 Å². The Morgan fingerprint density at radius 2 is 1.95 bits per heavy atom. The summed E-state index contributed by atoms with van der Waals surface area (Å²) in [7, 11) is 0. The van der Waals surface area contributed by atoms with E-state index in [-0.39, 0.29) is 5.78 Å². The van der Waals surface area contributed by atoms with Crippen molar-refractivity contribution in [1.82, 2.24) is 9.78 Å². The number of hydrogen-bond acceptors (Lipinski definition) is 3. The topological polar surface area (TPSA) is 44.1 Å². The lowest BCUT2D eigenvalue weighted by Crippen LogP contribution is -2.36. The number of aromatic nitrogens is 2. The van der Waals surface area contributed by atoms with E-state index in [1.807, 2.05) is 37.3 Å². The van der Waals surface area contributed by atoms with Crippen LogP contribution in [0, 0.1) is 0 Å². The van der Waals surface area contributed by atoms with Crippen LogP contribution in [0.1, 0.15) is 31.3 Å². The van der Waals surface area contributed by atoms with Gasteiger partial charge >= 0.3 is 0 Å². The predicted octanol–water partition coefficient (Wildman–Crippen LogP) is 2.87. The number of carbonyl (C=O) groups is 1. The van der Waals surface area contributed by atoms with Gasteiger partial charge in [0.1, 0.15) is 11.3 Å². The Labute approximate surface area is 113 Å². The normalized spacial score (nSPS) is 11.5. The fourth-order valence-corrected chi connectivity index (χ4v) is 1.99. The number of hydrogen-bond donors (Lipinski definition) is 0. The molecule has 0 saturated heterocycles. The number of rotatable bonds is 5. The molecule has 0 N–H and O–H groups in total. The molecule has 0 unspecified atom stereocenters. The first-order valence-corrected chi connectivity index (χ1v) is 6.34. The van der Waals surface area contributed by atoms with Gasteiger partial charge in [-0.25, -0.2) is 4.68 Å². The fourth-order valence-electron chi connectivity index (χ4n) is 1.99. The summed E-state index contributed by atoms with van der Waals surface area (Å²) in [5.74, 6) is -0.0734. The zero-order chi connectivity index (χ0) is 13.9. The molecule has 4 nitrogen and oxygen atoms in total. The molecule has 0 spiro atoms. The first-order valence-electron chi connectivity index (χ1n) is 6.34. The summed E-state index contributed by atoms with van der Waals surface area (Å²) in [4.78, 5) is 12.5. The average Bonchev–Trinajstić information content (AvgIpc) is 2.87.